The second-order valence-electron chi connectivity index (χ2n) is 4.71. The molecule has 0 amide bonds. The molecule has 22 heavy (non-hydrogen) atoms. The van der Waals surface area contributed by atoms with Crippen LogP contribution in [0, 0.1) is 0 Å². The minimum Gasteiger partial charge on any atom is -0.370 e. The summed E-state index contributed by atoms with van der Waals surface area (Å²) < 4.78 is 1.79. The molecule has 0 aliphatic carbocycles. The van der Waals surface area contributed by atoms with Gasteiger partial charge in [0.15, 0.2) is 5.96 Å². The molecule has 0 fully saturated rings. The van der Waals surface area contributed by atoms with Crippen molar-refractivity contribution in [3.05, 3.63) is 51.8 Å². The summed E-state index contributed by atoms with van der Waals surface area (Å²) in [6.07, 6.45) is 1.01. The number of nitrogens with two attached hydrogens (primary N) is 1. The van der Waals surface area contributed by atoms with E-state index in [2.05, 4.69) is 29.4 Å². The third-order valence-corrected chi connectivity index (χ3v) is 4.10. The van der Waals surface area contributed by atoms with Gasteiger partial charge in [-0.05, 0) is 30.2 Å². The van der Waals surface area contributed by atoms with Crippen molar-refractivity contribution in [1.29, 1.82) is 0 Å². The first-order valence-electron chi connectivity index (χ1n) is 6.66. The van der Waals surface area contributed by atoms with E-state index >= 15 is 0 Å². The SMILES string of the molecule is CCc1ccc(NC(N)=NCc2cc(Cl)c(Cl)n2C)cc1.I. The Morgan fingerprint density at radius 1 is 1.27 bits per heavy atom. The molecule has 0 spiro atoms. The fraction of sp³-hybridized carbons (Fsp3) is 0.267. The number of aryl methyl sites for hydroxylation is 1. The quantitative estimate of drug-likeness (QED) is 0.409. The van der Waals surface area contributed by atoms with Crippen LogP contribution in [0.5, 0.6) is 0 Å². The summed E-state index contributed by atoms with van der Waals surface area (Å²) >= 11 is 12.0. The lowest BCUT2D eigenvalue weighted by molar-refractivity contribution is 0.825. The second kappa shape index (κ2) is 8.64. The Kier molecular flexibility index (Phi) is 7.52. The summed E-state index contributed by atoms with van der Waals surface area (Å²) in [5.41, 5.74) is 8.98. The number of hydrogen-bond donors (Lipinski definition) is 2. The van der Waals surface area contributed by atoms with Gasteiger partial charge < -0.3 is 15.6 Å². The average molecular weight is 453 g/mol. The van der Waals surface area contributed by atoms with Crippen LogP contribution >= 0.6 is 47.2 Å². The first-order chi connectivity index (χ1) is 10.0. The average Bonchev–Trinajstić information content (AvgIpc) is 2.73. The second-order valence-corrected chi connectivity index (χ2v) is 5.48. The molecule has 0 unspecified atom stereocenters. The van der Waals surface area contributed by atoms with Crippen molar-refractivity contribution in [2.24, 2.45) is 17.8 Å². The molecular formula is C15H19Cl2IN4. The van der Waals surface area contributed by atoms with Crippen molar-refractivity contribution in [3.63, 3.8) is 0 Å². The summed E-state index contributed by atoms with van der Waals surface area (Å²) in [4.78, 5) is 4.29. The summed E-state index contributed by atoms with van der Waals surface area (Å²) in [5, 5.41) is 4.08. The molecule has 120 valence electrons. The van der Waals surface area contributed by atoms with E-state index in [1.165, 1.54) is 5.56 Å². The molecule has 1 aromatic carbocycles. The molecule has 7 heteroatoms. The van der Waals surface area contributed by atoms with Crippen LogP contribution in [-0.4, -0.2) is 10.5 Å². The summed E-state index contributed by atoms with van der Waals surface area (Å²) in [5.74, 6) is 0.354. The highest BCUT2D eigenvalue weighted by molar-refractivity contribution is 14.0. The number of anilines is 1. The Labute approximate surface area is 157 Å². The largest absolute Gasteiger partial charge is 0.370 e. The van der Waals surface area contributed by atoms with E-state index in [9.17, 15) is 0 Å². The van der Waals surface area contributed by atoms with E-state index in [0.717, 1.165) is 17.8 Å². The molecule has 0 atom stereocenters. The standard InChI is InChI=1S/C15H18Cl2N4.HI/c1-3-10-4-6-11(7-5-10)20-15(18)19-9-12-8-13(16)14(17)21(12)2;/h4-8H,3,9H2,1-2H3,(H3,18,19,20);1H. The van der Waals surface area contributed by atoms with E-state index < -0.39 is 0 Å². The molecule has 4 nitrogen and oxygen atoms in total. The zero-order valence-electron chi connectivity index (χ0n) is 12.4. The van der Waals surface area contributed by atoms with Gasteiger partial charge in [-0.25, -0.2) is 4.99 Å². The van der Waals surface area contributed by atoms with Crippen LogP contribution in [0.1, 0.15) is 18.2 Å². The lowest BCUT2D eigenvalue weighted by atomic mass is 10.1. The van der Waals surface area contributed by atoms with Gasteiger partial charge >= 0.3 is 0 Å². The number of nitrogens with zero attached hydrogens (tertiary/aromatic N) is 2. The fourth-order valence-corrected chi connectivity index (χ4v) is 2.33. The number of aromatic nitrogens is 1. The normalized spacial score (nSPS) is 11.2. The van der Waals surface area contributed by atoms with E-state index in [-0.39, 0.29) is 24.0 Å². The molecule has 0 bridgehead atoms. The number of guanidine groups is 1. The zero-order chi connectivity index (χ0) is 15.4. The Bertz CT molecular complexity index is 650. The van der Waals surface area contributed by atoms with Crippen LogP contribution in [0.25, 0.3) is 0 Å². The van der Waals surface area contributed by atoms with Gasteiger partial charge in [0.2, 0.25) is 0 Å². The topological polar surface area (TPSA) is 55.3 Å². The van der Waals surface area contributed by atoms with Gasteiger partial charge in [0.1, 0.15) is 5.15 Å². The molecular weight excluding hydrogens is 434 g/mol. The van der Waals surface area contributed by atoms with E-state index in [0.29, 0.717) is 22.7 Å². The van der Waals surface area contributed by atoms with Crippen molar-refractivity contribution in [1.82, 2.24) is 4.57 Å². The fourth-order valence-electron chi connectivity index (χ4n) is 1.92. The Morgan fingerprint density at radius 3 is 2.41 bits per heavy atom. The maximum Gasteiger partial charge on any atom is 0.193 e. The molecule has 1 heterocycles. The predicted octanol–water partition coefficient (Wildman–Crippen LogP) is 4.44. The highest BCUT2D eigenvalue weighted by Gasteiger charge is 2.08. The van der Waals surface area contributed by atoms with Crippen LogP contribution in [0.3, 0.4) is 0 Å². The maximum absolute atomic E-state index is 6.01. The Morgan fingerprint density at radius 2 is 1.91 bits per heavy atom. The number of nitrogens with one attached hydrogen (secondary N) is 1. The van der Waals surface area contributed by atoms with Crippen LogP contribution in [0.2, 0.25) is 10.2 Å². The third kappa shape index (κ3) is 4.79. The van der Waals surface area contributed by atoms with Gasteiger partial charge in [0.05, 0.1) is 11.6 Å². The highest BCUT2D eigenvalue weighted by atomic mass is 127. The maximum atomic E-state index is 6.01. The number of hydrogen-bond acceptors (Lipinski definition) is 1. The third-order valence-electron chi connectivity index (χ3n) is 3.26. The summed E-state index contributed by atoms with van der Waals surface area (Å²) in [6, 6.07) is 9.88. The van der Waals surface area contributed by atoms with E-state index in [1.807, 2.05) is 19.2 Å². The van der Waals surface area contributed by atoms with Gasteiger partial charge in [0.25, 0.3) is 0 Å². The van der Waals surface area contributed by atoms with Gasteiger partial charge in [0, 0.05) is 18.4 Å². The van der Waals surface area contributed by atoms with E-state index in [1.54, 1.807) is 10.6 Å². The highest BCUT2D eigenvalue weighted by Crippen LogP contribution is 2.25. The van der Waals surface area contributed by atoms with Gasteiger partial charge in [-0.2, -0.15) is 0 Å². The minimum atomic E-state index is 0. The van der Waals surface area contributed by atoms with E-state index in [4.69, 9.17) is 28.9 Å². The molecule has 1 aromatic heterocycles. The number of aliphatic imine (C=N–C) groups is 1. The molecule has 0 saturated heterocycles. The van der Waals surface area contributed by atoms with Crippen molar-refractivity contribution >= 4 is 58.8 Å². The predicted molar refractivity (Wildman–Crippen MR) is 106 cm³/mol. The van der Waals surface area contributed by atoms with Crippen molar-refractivity contribution < 1.29 is 0 Å². The van der Waals surface area contributed by atoms with Crippen LogP contribution in [0.15, 0.2) is 35.3 Å². The lowest BCUT2D eigenvalue weighted by Gasteiger charge is -2.07. The molecule has 0 saturated carbocycles. The van der Waals surface area contributed by atoms with Crippen LogP contribution < -0.4 is 11.1 Å². The number of benzene rings is 1. The van der Waals surface area contributed by atoms with Crippen molar-refractivity contribution in [3.8, 4) is 0 Å². The monoisotopic (exact) mass is 452 g/mol. The molecule has 0 aliphatic heterocycles. The minimum absolute atomic E-state index is 0. The van der Waals surface area contributed by atoms with Crippen LogP contribution in [-0.2, 0) is 20.0 Å². The van der Waals surface area contributed by atoms with Crippen molar-refractivity contribution in [2.45, 2.75) is 19.9 Å². The Balaban J connectivity index is 0.00000242. The zero-order valence-corrected chi connectivity index (χ0v) is 16.3. The molecule has 3 N–H and O–H groups in total. The molecule has 0 aliphatic rings. The molecule has 2 rings (SSSR count). The first kappa shape index (κ1) is 19.1. The smallest absolute Gasteiger partial charge is 0.193 e. The van der Waals surface area contributed by atoms with Crippen molar-refractivity contribution in [2.75, 3.05) is 5.32 Å². The van der Waals surface area contributed by atoms with Gasteiger partial charge in [-0.15, -0.1) is 24.0 Å². The molecule has 2 aromatic rings. The summed E-state index contributed by atoms with van der Waals surface area (Å²) in [7, 11) is 1.84. The van der Waals surface area contributed by atoms with Crippen LogP contribution in [0.4, 0.5) is 5.69 Å². The first-order valence-corrected chi connectivity index (χ1v) is 7.42. The number of rotatable bonds is 4. The summed E-state index contributed by atoms with van der Waals surface area (Å²) in [6.45, 7) is 2.53. The number of halogens is 3. The van der Waals surface area contributed by atoms with Gasteiger partial charge in [-0.1, -0.05) is 42.3 Å². The Hall–Kier alpha value is -0.920. The van der Waals surface area contributed by atoms with Gasteiger partial charge in [-0.3, -0.25) is 0 Å². The molecule has 0 radical (unpaired) electrons. The lowest BCUT2D eigenvalue weighted by Crippen LogP contribution is -2.22.